The van der Waals surface area contributed by atoms with E-state index in [-0.39, 0.29) is 0 Å². The molecule has 0 nitrogen and oxygen atoms in total. The Labute approximate surface area is 177 Å². The van der Waals surface area contributed by atoms with Crippen LogP contribution in [-0.4, -0.2) is 0 Å². The Morgan fingerprint density at radius 2 is 1.38 bits per heavy atom. The van der Waals surface area contributed by atoms with Crippen molar-refractivity contribution in [2.45, 2.75) is 103 Å². The average Bonchev–Trinajstić information content (AvgIpc) is 2.75. The molecule has 0 spiro atoms. The molecule has 0 N–H and O–H groups in total. The van der Waals surface area contributed by atoms with Crippen LogP contribution in [0.1, 0.15) is 108 Å². The maximum Gasteiger partial charge on any atom is 0.159 e. The van der Waals surface area contributed by atoms with Gasteiger partial charge in [-0.25, -0.2) is 8.78 Å². The third-order valence-electron chi connectivity index (χ3n) is 7.45. The summed E-state index contributed by atoms with van der Waals surface area (Å²) in [5, 5.41) is 0. The summed E-state index contributed by atoms with van der Waals surface area (Å²) in [6.45, 7) is 2.28. The summed E-state index contributed by atoms with van der Waals surface area (Å²) >= 11 is 0. The van der Waals surface area contributed by atoms with E-state index >= 15 is 0 Å². The van der Waals surface area contributed by atoms with Gasteiger partial charge in [0.25, 0.3) is 0 Å². The molecule has 0 atom stereocenters. The minimum atomic E-state index is -0.739. The fourth-order valence-corrected chi connectivity index (χ4v) is 5.43. The van der Waals surface area contributed by atoms with E-state index in [9.17, 15) is 8.78 Å². The van der Waals surface area contributed by atoms with Gasteiger partial charge in [0.05, 0.1) is 0 Å². The first-order chi connectivity index (χ1) is 14.2. The summed E-state index contributed by atoms with van der Waals surface area (Å²) < 4.78 is 26.6. The van der Waals surface area contributed by atoms with Gasteiger partial charge in [0.2, 0.25) is 0 Å². The third-order valence-corrected chi connectivity index (χ3v) is 7.45. The predicted molar refractivity (Wildman–Crippen MR) is 119 cm³/mol. The van der Waals surface area contributed by atoms with Gasteiger partial charge in [0.1, 0.15) is 0 Å². The molecular weight excluding hydrogens is 362 g/mol. The van der Waals surface area contributed by atoms with Gasteiger partial charge in [-0.3, -0.25) is 0 Å². The number of rotatable bonds is 9. The molecule has 1 aromatic carbocycles. The summed E-state index contributed by atoms with van der Waals surface area (Å²) in [6, 6.07) is 4.44. The van der Waals surface area contributed by atoms with E-state index in [1.165, 1.54) is 89.2 Å². The Hall–Kier alpha value is -1.18. The maximum atomic E-state index is 13.5. The second kappa shape index (κ2) is 11.9. The van der Waals surface area contributed by atoms with Crippen LogP contribution in [0.5, 0.6) is 0 Å². The predicted octanol–water partition coefficient (Wildman–Crippen LogP) is 8.96. The average molecular weight is 403 g/mol. The maximum absolute atomic E-state index is 13.5. The first-order valence-electron chi connectivity index (χ1n) is 12.3. The summed E-state index contributed by atoms with van der Waals surface area (Å²) in [6.07, 6.45) is 23.6. The van der Waals surface area contributed by atoms with Crippen molar-refractivity contribution in [3.63, 3.8) is 0 Å². The van der Waals surface area contributed by atoms with Gasteiger partial charge < -0.3 is 0 Å². The lowest BCUT2D eigenvalue weighted by Crippen LogP contribution is -2.15. The van der Waals surface area contributed by atoms with E-state index in [0.717, 1.165) is 30.2 Å². The van der Waals surface area contributed by atoms with Gasteiger partial charge in [0.15, 0.2) is 11.6 Å². The Bertz CT molecular complexity index is 619. The van der Waals surface area contributed by atoms with Gasteiger partial charge in [-0.15, -0.1) is 0 Å². The van der Waals surface area contributed by atoms with Crippen molar-refractivity contribution in [3.05, 3.63) is 47.5 Å². The van der Waals surface area contributed by atoms with Crippen molar-refractivity contribution < 1.29 is 8.78 Å². The largest absolute Gasteiger partial charge is 0.204 e. The number of halogens is 2. The molecule has 0 heterocycles. The van der Waals surface area contributed by atoms with Crippen LogP contribution in [0.25, 0.3) is 0 Å². The fraction of sp³-hybridized carbons (Fsp3) is 0.704. The highest BCUT2D eigenvalue weighted by Gasteiger charge is 2.23. The van der Waals surface area contributed by atoms with E-state index < -0.39 is 11.6 Å². The van der Waals surface area contributed by atoms with Gasteiger partial charge >= 0.3 is 0 Å². The monoisotopic (exact) mass is 402 g/mol. The standard InChI is InChI=1S/C27H40F2/c1-2-3-4-5-6-7-21-8-10-22(11-9-21)12-13-23-14-16-24(17-15-23)25-18-19-26(28)27(29)20-25/h12-13,18-24H,2-11,14-17H2,1H3/b13-12+/t21-,22-,23-,24-. The molecule has 0 radical (unpaired) electrons. The van der Waals surface area contributed by atoms with Crippen LogP contribution in [0.3, 0.4) is 0 Å². The fourth-order valence-electron chi connectivity index (χ4n) is 5.43. The van der Waals surface area contributed by atoms with E-state index in [0.29, 0.717) is 11.8 Å². The zero-order chi connectivity index (χ0) is 20.5. The van der Waals surface area contributed by atoms with Gasteiger partial charge in [-0.2, -0.15) is 0 Å². The van der Waals surface area contributed by atoms with Crippen molar-refractivity contribution in [2.75, 3.05) is 0 Å². The number of benzene rings is 1. The molecule has 2 aliphatic rings. The summed E-state index contributed by atoms with van der Waals surface area (Å²) in [5.41, 5.74) is 0.972. The van der Waals surface area contributed by atoms with Crippen molar-refractivity contribution >= 4 is 0 Å². The van der Waals surface area contributed by atoms with Crippen LogP contribution in [0.15, 0.2) is 30.4 Å². The smallest absolute Gasteiger partial charge is 0.159 e. The molecule has 2 aliphatic carbocycles. The quantitative estimate of drug-likeness (QED) is 0.285. The van der Waals surface area contributed by atoms with Crippen LogP contribution in [0.2, 0.25) is 0 Å². The van der Waals surface area contributed by atoms with Crippen LogP contribution in [0, 0.1) is 29.4 Å². The molecule has 0 aliphatic heterocycles. The Morgan fingerprint density at radius 1 is 0.759 bits per heavy atom. The first-order valence-corrected chi connectivity index (χ1v) is 12.3. The molecule has 2 fully saturated rings. The Morgan fingerprint density at radius 3 is 2.00 bits per heavy atom. The molecule has 0 bridgehead atoms. The van der Waals surface area contributed by atoms with Gasteiger partial charge in [-0.1, -0.05) is 63.7 Å². The molecule has 1 aromatic rings. The zero-order valence-electron chi connectivity index (χ0n) is 18.4. The van der Waals surface area contributed by atoms with E-state index in [1.54, 1.807) is 6.07 Å². The van der Waals surface area contributed by atoms with Crippen LogP contribution >= 0.6 is 0 Å². The molecule has 0 unspecified atom stereocenters. The molecule has 2 heteroatoms. The van der Waals surface area contributed by atoms with Crippen LogP contribution in [0.4, 0.5) is 8.78 Å². The highest BCUT2D eigenvalue weighted by Crippen LogP contribution is 2.38. The molecule has 162 valence electrons. The second-order valence-electron chi connectivity index (χ2n) is 9.65. The van der Waals surface area contributed by atoms with Crippen LogP contribution < -0.4 is 0 Å². The number of hydrogen-bond acceptors (Lipinski definition) is 0. The topological polar surface area (TPSA) is 0 Å². The molecule has 0 amide bonds. The van der Waals surface area contributed by atoms with Crippen molar-refractivity contribution in [3.8, 4) is 0 Å². The Kier molecular flexibility index (Phi) is 9.21. The molecular formula is C27H40F2. The molecule has 0 saturated heterocycles. The number of allylic oxidation sites excluding steroid dienone is 2. The minimum absolute atomic E-state index is 0.391. The molecule has 29 heavy (non-hydrogen) atoms. The summed E-state index contributed by atoms with van der Waals surface area (Å²) in [7, 11) is 0. The molecule has 2 saturated carbocycles. The lowest BCUT2D eigenvalue weighted by atomic mass is 9.76. The van der Waals surface area contributed by atoms with Gasteiger partial charge in [-0.05, 0) is 92.7 Å². The lowest BCUT2D eigenvalue weighted by Gasteiger charge is -2.29. The second-order valence-corrected chi connectivity index (χ2v) is 9.65. The highest BCUT2D eigenvalue weighted by molar-refractivity contribution is 5.22. The number of hydrogen-bond donors (Lipinski definition) is 0. The number of unbranched alkanes of at least 4 members (excludes halogenated alkanes) is 4. The minimum Gasteiger partial charge on any atom is -0.204 e. The van der Waals surface area contributed by atoms with Crippen molar-refractivity contribution in [1.29, 1.82) is 0 Å². The summed E-state index contributed by atoms with van der Waals surface area (Å²) in [4.78, 5) is 0. The normalized spacial score (nSPS) is 28.1. The zero-order valence-corrected chi connectivity index (χ0v) is 18.4. The first kappa shape index (κ1) is 22.5. The molecule has 3 rings (SSSR count). The lowest BCUT2D eigenvalue weighted by molar-refractivity contribution is 0.287. The van der Waals surface area contributed by atoms with E-state index in [1.807, 2.05) is 0 Å². The van der Waals surface area contributed by atoms with Gasteiger partial charge in [0, 0.05) is 0 Å². The van der Waals surface area contributed by atoms with E-state index in [4.69, 9.17) is 0 Å². The summed E-state index contributed by atoms with van der Waals surface area (Å²) in [5.74, 6) is 1.39. The van der Waals surface area contributed by atoms with E-state index in [2.05, 4.69) is 19.1 Å². The molecule has 0 aromatic heterocycles. The SMILES string of the molecule is CCCCCCC[C@H]1CC[C@H](/C=C/[C@H]2CC[C@H](c3ccc(F)c(F)c3)CC2)CC1. The van der Waals surface area contributed by atoms with Crippen molar-refractivity contribution in [1.82, 2.24) is 0 Å². The van der Waals surface area contributed by atoms with Crippen molar-refractivity contribution in [2.24, 2.45) is 17.8 Å². The third kappa shape index (κ3) is 7.23. The Balaban J connectivity index is 1.33. The van der Waals surface area contributed by atoms with Crippen LogP contribution in [-0.2, 0) is 0 Å². The highest BCUT2D eigenvalue weighted by atomic mass is 19.2.